The molecular weight excluding hydrogens is 394 g/mol. The third-order valence-electron chi connectivity index (χ3n) is 2.37. The van der Waals surface area contributed by atoms with Gasteiger partial charge in [-0.05, 0) is 42.2 Å². The lowest BCUT2D eigenvalue weighted by molar-refractivity contribution is 0.0698. The fraction of sp³-hybridized carbons (Fsp3) is 0.333. The summed E-state index contributed by atoms with van der Waals surface area (Å²) in [4.78, 5) is 24.9. The molecule has 2 amide bonds. The van der Waals surface area contributed by atoms with Gasteiger partial charge in [0.15, 0.2) is 0 Å². The van der Waals surface area contributed by atoms with Gasteiger partial charge < -0.3 is 20.6 Å². The number of hydrogen-bond donors (Lipinski definition) is 3. The maximum atomic E-state index is 11.7. The first-order chi connectivity index (χ1) is 9.31. The number of nitrogens with zero attached hydrogens (tertiary/aromatic N) is 1. The lowest BCUT2D eigenvalue weighted by atomic mass is 10.2. The average Bonchev–Trinajstić information content (AvgIpc) is 2.31. The molecule has 0 aliphatic heterocycles. The second kappa shape index (κ2) is 7.61. The largest absolute Gasteiger partial charge is 0.478 e. The van der Waals surface area contributed by atoms with Gasteiger partial charge in [-0.3, -0.25) is 0 Å². The van der Waals surface area contributed by atoms with Crippen molar-refractivity contribution in [1.82, 2.24) is 10.2 Å². The quantitative estimate of drug-likeness (QED) is 0.699. The van der Waals surface area contributed by atoms with E-state index >= 15 is 0 Å². The van der Waals surface area contributed by atoms with Crippen molar-refractivity contribution in [3.63, 3.8) is 0 Å². The normalized spacial score (nSPS) is 10.4. The van der Waals surface area contributed by atoms with Gasteiger partial charge >= 0.3 is 12.0 Å². The number of carbonyl (C=O) groups is 2. The molecule has 3 N–H and O–H groups in total. The second-order valence-electron chi connectivity index (χ2n) is 4.30. The summed E-state index contributed by atoms with van der Waals surface area (Å²) in [6.45, 7) is 1.16. The van der Waals surface area contributed by atoms with Crippen molar-refractivity contribution in [2.45, 2.75) is 0 Å². The molecule has 0 atom stereocenters. The lowest BCUT2D eigenvalue weighted by Crippen LogP contribution is -2.34. The first-order valence-electron chi connectivity index (χ1n) is 5.73. The Labute approximate surface area is 133 Å². The van der Waals surface area contributed by atoms with Crippen LogP contribution in [0.15, 0.2) is 21.1 Å². The number of halogens is 2. The highest BCUT2D eigenvalue weighted by Gasteiger charge is 2.16. The molecule has 1 rings (SSSR count). The molecule has 110 valence electrons. The predicted molar refractivity (Wildman–Crippen MR) is 84.4 cm³/mol. The number of benzene rings is 1. The minimum atomic E-state index is -1.12. The highest BCUT2D eigenvalue weighted by molar-refractivity contribution is 9.11. The standard InChI is InChI=1S/C12H15Br2N3O3/c1-17(2)4-3-15-12(20)16-10-8(11(18)19)5-7(13)6-9(10)14/h5-6H,3-4H2,1-2H3,(H,18,19)(H2,15,16,20). The van der Waals surface area contributed by atoms with Gasteiger partial charge in [0.2, 0.25) is 0 Å². The Morgan fingerprint density at radius 3 is 2.50 bits per heavy atom. The third kappa shape index (κ3) is 5.10. The van der Waals surface area contributed by atoms with Gasteiger partial charge in [-0.2, -0.15) is 0 Å². The molecule has 0 aliphatic carbocycles. The molecule has 8 heteroatoms. The van der Waals surface area contributed by atoms with E-state index < -0.39 is 12.0 Å². The summed E-state index contributed by atoms with van der Waals surface area (Å²) >= 11 is 6.45. The van der Waals surface area contributed by atoms with Gasteiger partial charge in [0.05, 0.1) is 11.3 Å². The Balaban J connectivity index is 2.81. The van der Waals surface area contributed by atoms with Crippen LogP contribution in [0.4, 0.5) is 10.5 Å². The Bertz CT molecular complexity index is 521. The van der Waals surface area contributed by atoms with Crippen LogP contribution in [0.2, 0.25) is 0 Å². The van der Waals surface area contributed by atoms with E-state index in [4.69, 9.17) is 5.11 Å². The van der Waals surface area contributed by atoms with Crippen LogP contribution < -0.4 is 10.6 Å². The van der Waals surface area contributed by atoms with Gasteiger partial charge in [0, 0.05) is 22.0 Å². The summed E-state index contributed by atoms with van der Waals surface area (Å²) in [6, 6.07) is 2.65. The van der Waals surface area contributed by atoms with Crippen molar-refractivity contribution in [2.75, 3.05) is 32.5 Å². The monoisotopic (exact) mass is 407 g/mol. The van der Waals surface area contributed by atoms with Crippen LogP contribution in [-0.2, 0) is 0 Å². The van der Waals surface area contributed by atoms with Crippen LogP contribution in [0.3, 0.4) is 0 Å². The topological polar surface area (TPSA) is 81.7 Å². The lowest BCUT2D eigenvalue weighted by Gasteiger charge is -2.14. The van der Waals surface area contributed by atoms with E-state index in [0.29, 0.717) is 22.0 Å². The Hall–Kier alpha value is -1.12. The molecule has 1 aromatic carbocycles. The van der Waals surface area contributed by atoms with Gasteiger partial charge in [-0.15, -0.1) is 0 Å². The summed E-state index contributed by atoms with van der Waals surface area (Å²) in [5.41, 5.74) is 0.233. The maximum Gasteiger partial charge on any atom is 0.337 e. The fourth-order valence-electron chi connectivity index (χ4n) is 1.42. The van der Waals surface area contributed by atoms with Crippen molar-refractivity contribution in [3.8, 4) is 0 Å². The van der Waals surface area contributed by atoms with E-state index in [0.717, 1.165) is 0 Å². The molecule has 0 aliphatic rings. The Kier molecular flexibility index (Phi) is 6.44. The highest BCUT2D eigenvalue weighted by atomic mass is 79.9. The number of carboxylic acids is 1. The molecule has 0 unspecified atom stereocenters. The van der Waals surface area contributed by atoms with E-state index in [-0.39, 0.29) is 11.3 Å². The van der Waals surface area contributed by atoms with E-state index in [1.807, 2.05) is 19.0 Å². The van der Waals surface area contributed by atoms with Crippen LogP contribution in [0.1, 0.15) is 10.4 Å². The number of hydrogen-bond acceptors (Lipinski definition) is 3. The zero-order chi connectivity index (χ0) is 15.3. The Morgan fingerprint density at radius 1 is 1.30 bits per heavy atom. The van der Waals surface area contributed by atoms with E-state index in [1.54, 1.807) is 6.07 Å². The van der Waals surface area contributed by atoms with Crippen LogP contribution in [0.5, 0.6) is 0 Å². The van der Waals surface area contributed by atoms with Gasteiger partial charge in [-0.25, -0.2) is 9.59 Å². The second-order valence-corrected chi connectivity index (χ2v) is 6.07. The number of anilines is 1. The highest BCUT2D eigenvalue weighted by Crippen LogP contribution is 2.30. The number of rotatable bonds is 5. The fourth-order valence-corrected chi connectivity index (χ4v) is 2.74. The molecule has 0 saturated heterocycles. The zero-order valence-corrected chi connectivity index (χ0v) is 14.2. The van der Waals surface area contributed by atoms with Crippen LogP contribution >= 0.6 is 31.9 Å². The zero-order valence-electron chi connectivity index (χ0n) is 11.0. The molecule has 0 aromatic heterocycles. The van der Waals surface area contributed by atoms with E-state index in [2.05, 4.69) is 42.5 Å². The van der Waals surface area contributed by atoms with Crippen molar-refractivity contribution in [1.29, 1.82) is 0 Å². The molecule has 1 aromatic rings. The number of urea groups is 1. The molecule has 20 heavy (non-hydrogen) atoms. The summed E-state index contributed by atoms with van der Waals surface area (Å²) in [5.74, 6) is -1.12. The third-order valence-corrected chi connectivity index (χ3v) is 3.45. The van der Waals surface area contributed by atoms with Gasteiger partial charge in [0.25, 0.3) is 0 Å². The van der Waals surface area contributed by atoms with Crippen molar-refractivity contribution < 1.29 is 14.7 Å². The molecule has 0 heterocycles. The van der Waals surface area contributed by atoms with Gasteiger partial charge in [0.1, 0.15) is 0 Å². The van der Waals surface area contributed by atoms with Crippen molar-refractivity contribution in [2.24, 2.45) is 0 Å². The number of carboxylic acid groups (broad SMARTS) is 1. The van der Waals surface area contributed by atoms with E-state index in [1.165, 1.54) is 6.07 Å². The molecule has 0 saturated carbocycles. The summed E-state index contributed by atoms with van der Waals surface area (Å²) < 4.78 is 1.10. The predicted octanol–water partition coefficient (Wildman–Crippen LogP) is 2.59. The van der Waals surface area contributed by atoms with Crippen molar-refractivity contribution in [3.05, 3.63) is 26.6 Å². The first-order valence-corrected chi connectivity index (χ1v) is 7.31. The molecule has 0 radical (unpaired) electrons. The Morgan fingerprint density at radius 2 is 1.95 bits per heavy atom. The first kappa shape index (κ1) is 16.9. The van der Waals surface area contributed by atoms with Crippen molar-refractivity contribution >= 4 is 49.5 Å². The van der Waals surface area contributed by atoms with Crippen LogP contribution in [-0.4, -0.2) is 49.2 Å². The molecule has 0 bridgehead atoms. The number of amides is 2. The van der Waals surface area contributed by atoms with Crippen LogP contribution in [0.25, 0.3) is 0 Å². The smallest absolute Gasteiger partial charge is 0.337 e. The summed E-state index contributed by atoms with van der Waals surface area (Å²) in [5, 5.41) is 14.4. The maximum absolute atomic E-state index is 11.7. The SMILES string of the molecule is CN(C)CCNC(=O)Nc1c(Br)cc(Br)cc1C(=O)O. The van der Waals surface area contributed by atoms with Crippen LogP contribution in [0, 0.1) is 0 Å². The average molecular weight is 409 g/mol. The van der Waals surface area contributed by atoms with Gasteiger partial charge in [-0.1, -0.05) is 15.9 Å². The van der Waals surface area contributed by atoms with E-state index in [9.17, 15) is 9.59 Å². The molecule has 6 nitrogen and oxygen atoms in total. The number of carbonyl (C=O) groups excluding carboxylic acids is 1. The molecule has 0 spiro atoms. The summed E-state index contributed by atoms with van der Waals surface area (Å²) in [7, 11) is 3.79. The summed E-state index contributed by atoms with van der Waals surface area (Å²) in [6.07, 6.45) is 0. The molecule has 0 fully saturated rings. The minimum Gasteiger partial charge on any atom is -0.478 e. The number of likely N-dealkylation sites (N-methyl/N-ethyl adjacent to an activating group) is 1. The minimum absolute atomic E-state index is 0.00834. The number of nitrogens with one attached hydrogen (secondary N) is 2. The molecular formula is C12H15Br2N3O3. The number of aromatic carboxylic acids is 1.